The molecule has 2 rings (SSSR count). The van der Waals surface area contributed by atoms with Crippen molar-refractivity contribution in [1.82, 2.24) is 15.3 Å². The van der Waals surface area contributed by atoms with E-state index < -0.39 is 0 Å². The van der Waals surface area contributed by atoms with Gasteiger partial charge < -0.3 is 5.32 Å². The lowest BCUT2D eigenvalue weighted by Crippen LogP contribution is -2.28. The first-order valence-electron chi connectivity index (χ1n) is 6.36. The van der Waals surface area contributed by atoms with Gasteiger partial charge in [-0.25, -0.2) is 9.97 Å². The van der Waals surface area contributed by atoms with Crippen molar-refractivity contribution in [2.75, 3.05) is 0 Å². The summed E-state index contributed by atoms with van der Waals surface area (Å²) in [5, 5.41) is 3.28. The molecule has 1 aliphatic rings. The van der Waals surface area contributed by atoms with E-state index in [0.717, 1.165) is 12.8 Å². The van der Waals surface area contributed by atoms with Crippen molar-refractivity contribution >= 4 is 17.5 Å². The largest absolute Gasteiger partial charge is 0.348 e. The van der Waals surface area contributed by atoms with Gasteiger partial charge in [-0.1, -0.05) is 38.8 Å². The van der Waals surface area contributed by atoms with Crippen LogP contribution in [0.1, 0.15) is 55.8 Å². The molecule has 1 amide bonds. The van der Waals surface area contributed by atoms with Crippen LogP contribution in [0.2, 0.25) is 5.02 Å². The van der Waals surface area contributed by atoms with Crippen LogP contribution in [0.25, 0.3) is 0 Å². The molecule has 1 aromatic rings. The average Bonchev–Trinajstić information content (AvgIpc) is 3.07. The Labute approximate surface area is 112 Å². The maximum atomic E-state index is 12.1. The molecule has 1 N–H and O–H groups in total. The molecule has 2 atom stereocenters. The number of aromatic nitrogens is 2. The van der Waals surface area contributed by atoms with Crippen molar-refractivity contribution in [3.8, 4) is 0 Å². The van der Waals surface area contributed by atoms with Crippen molar-refractivity contribution in [2.45, 2.75) is 45.6 Å². The summed E-state index contributed by atoms with van der Waals surface area (Å²) in [6, 6.07) is 0.288. The first-order chi connectivity index (χ1) is 8.52. The highest BCUT2D eigenvalue weighted by Gasteiger charge is 2.37. The van der Waals surface area contributed by atoms with Gasteiger partial charge in [0.05, 0.1) is 11.2 Å². The van der Waals surface area contributed by atoms with Crippen molar-refractivity contribution in [3.63, 3.8) is 0 Å². The van der Waals surface area contributed by atoms with Crippen molar-refractivity contribution in [3.05, 3.63) is 22.7 Å². The van der Waals surface area contributed by atoms with E-state index in [0.29, 0.717) is 16.8 Å². The molecule has 0 spiro atoms. The first-order valence-corrected chi connectivity index (χ1v) is 6.74. The number of carbonyl (C=O) groups excluding carboxylic acids is 1. The molecule has 1 saturated carbocycles. The molecule has 0 radical (unpaired) electrons. The monoisotopic (exact) mass is 267 g/mol. The van der Waals surface area contributed by atoms with Crippen LogP contribution >= 0.6 is 11.6 Å². The molecule has 0 aliphatic heterocycles. The predicted molar refractivity (Wildman–Crippen MR) is 70.8 cm³/mol. The van der Waals surface area contributed by atoms with E-state index in [1.54, 1.807) is 0 Å². The summed E-state index contributed by atoms with van der Waals surface area (Å²) in [6.45, 7) is 6.10. The van der Waals surface area contributed by atoms with E-state index in [-0.39, 0.29) is 23.6 Å². The predicted octanol–water partition coefficient (Wildman–Crippen LogP) is 2.78. The number of rotatable bonds is 4. The lowest BCUT2D eigenvalue weighted by molar-refractivity contribution is 0.0943. The Morgan fingerprint density at radius 2 is 2.33 bits per heavy atom. The molecule has 4 nitrogen and oxygen atoms in total. The molecule has 1 aromatic heterocycles. The summed E-state index contributed by atoms with van der Waals surface area (Å²) in [7, 11) is 0. The fourth-order valence-corrected chi connectivity index (χ4v) is 2.11. The minimum Gasteiger partial charge on any atom is -0.348 e. The van der Waals surface area contributed by atoms with Crippen molar-refractivity contribution in [2.24, 2.45) is 5.92 Å². The molecule has 0 aromatic carbocycles. The van der Waals surface area contributed by atoms with E-state index in [1.807, 2.05) is 13.8 Å². The fraction of sp³-hybridized carbons (Fsp3) is 0.615. The third kappa shape index (κ3) is 2.80. The van der Waals surface area contributed by atoms with Crippen LogP contribution < -0.4 is 5.32 Å². The summed E-state index contributed by atoms with van der Waals surface area (Å²) >= 11 is 5.98. The van der Waals surface area contributed by atoms with Crippen LogP contribution in [-0.4, -0.2) is 21.9 Å². The van der Waals surface area contributed by atoms with E-state index in [9.17, 15) is 4.79 Å². The molecular weight excluding hydrogens is 250 g/mol. The minimum absolute atomic E-state index is 0.179. The van der Waals surface area contributed by atoms with Gasteiger partial charge in [0.15, 0.2) is 0 Å². The maximum absolute atomic E-state index is 12.1. The van der Waals surface area contributed by atoms with Gasteiger partial charge >= 0.3 is 0 Å². The Kier molecular flexibility index (Phi) is 3.85. The van der Waals surface area contributed by atoms with Gasteiger partial charge in [-0.05, 0) is 12.3 Å². The molecule has 1 fully saturated rings. The maximum Gasteiger partial charge on any atom is 0.271 e. The molecule has 18 heavy (non-hydrogen) atoms. The van der Waals surface area contributed by atoms with Gasteiger partial charge in [0.25, 0.3) is 5.91 Å². The van der Waals surface area contributed by atoms with Crippen LogP contribution in [0.15, 0.2) is 6.20 Å². The number of amides is 1. The normalized spacial score (nSPS) is 22.1. The Morgan fingerprint density at radius 1 is 1.61 bits per heavy atom. The first kappa shape index (κ1) is 13.3. The zero-order valence-corrected chi connectivity index (χ0v) is 11.7. The summed E-state index contributed by atoms with van der Waals surface area (Å²) in [5.74, 6) is 1.25. The average molecular weight is 268 g/mol. The second kappa shape index (κ2) is 5.22. The van der Waals surface area contributed by atoms with Gasteiger partial charge in [0.1, 0.15) is 11.5 Å². The number of hydrogen-bond donors (Lipinski definition) is 1. The van der Waals surface area contributed by atoms with Crippen LogP contribution in [0.4, 0.5) is 0 Å². The van der Waals surface area contributed by atoms with Crippen LogP contribution in [0.3, 0.4) is 0 Å². The minimum atomic E-state index is -0.190. The lowest BCUT2D eigenvalue weighted by atomic mass is 10.2. The Balaban J connectivity index is 2.11. The summed E-state index contributed by atoms with van der Waals surface area (Å²) in [6.07, 6.45) is 3.66. The fourth-order valence-electron chi connectivity index (χ4n) is 1.93. The molecular formula is C13H18ClN3O. The molecule has 1 heterocycles. The van der Waals surface area contributed by atoms with Crippen molar-refractivity contribution < 1.29 is 4.79 Å². The second-order valence-corrected chi connectivity index (χ2v) is 5.47. The molecule has 1 aliphatic carbocycles. The molecule has 2 unspecified atom stereocenters. The number of nitrogens with zero attached hydrogens (tertiary/aromatic N) is 2. The summed E-state index contributed by atoms with van der Waals surface area (Å²) in [4.78, 5) is 20.4. The second-order valence-electron chi connectivity index (χ2n) is 5.06. The third-order valence-electron chi connectivity index (χ3n) is 3.26. The van der Waals surface area contributed by atoms with E-state index >= 15 is 0 Å². The highest BCUT2D eigenvalue weighted by molar-refractivity contribution is 6.33. The Bertz CT molecular complexity index is 462. The van der Waals surface area contributed by atoms with E-state index in [1.165, 1.54) is 6.20 Å². The van der Waals surface area contributed by atoms with E-state index in [2.05, 4.69) is 22.2 Å². The van der Waals surface area contributed by atoms with Crippen LogP contribution in [0, 0.1) is 5.92 Å². The molecule has 98 valence electrons. The standard InChI is InChI=1S/C13H18ClN3O/c1-4-8-5-10(8)16-13(18)11-9(14)6-15-12(17-11)7(2)3/h6-8,10H,4-5H2,1-3H3,(H,16,18). The summed E-state index contributed by atoms with van der Waals surface area (Å²) in [5.41, 5.74) is 0.289. The number of carbonyl (C=O) groups is 1. The van der Waals surface area contributed by atoms with Crippen LogP contribution in [-0.2, 0) is 0 Å². The van der Waals surface area contributed by atoms with Crippen LogP contribution in [0.5, 0.6) is 0 Å². The van der Waals surface area contributed by atoms with E-state index in [4.69, 9.17) is 11.6 Å². The number of hydrogen-bond acceptors (Lipinski definition) is 3. The van der Waals surface area contributed by atoms with Gasteiger partial charge in [-0.2, -0.15) is 0 Å². The van der Waals surface area contributed by atoms with Gasteiger partial charge in [-0.15, -0.1) is 0 Å². The van der Waals surface area contributed by atoms with Gasteiger partial charge in [0.2, 0.25) is 0 Å². The lowest BCUT2D eigenvalue weighted by Gasteiger charge is -2.08. The Hall–Kier alpha value is -1.16. The number of nitrogens with one attached hydrogen (secondary N) is 1. The Morgan fingerprint density at radius 3 is 2.89 bits per heavy atom. The zero-order chi connectivity index (χ0) is 13.3. The third-order valence-corrected chi connectivity index (χ3v) is 3.53. The highest BCUT2D eigenvalue weighted by Crippen LogP contribution is 2.33. The quantitative estimate of drug-likeness (QED) is 0.913. The van der Waals surface area contributed by atoms with Gasteiger partial charge in [0, 0.05) is 12.0 Å². The molecule has 0 bridgehead atoms. The highest BCUT2D eigenvalue weighted by atomic mass is 35.5. The molecule has 0 saturated heterocycles. The topological polar surface area (TPSA) is 54.9 Å². The number of halogens is 1. The van der Waals surface area contributed by atoms with Gasteiger partial charge in [-0.3, -0.25) is 4.79 Å². The smallest absolute Gasteiger partial charge is 0.271 e. The van der Waals surface area contributed by atoms with Crippen molar-refractivity contribution in [1.29, 1.82) is 0 Å². The SMILES string of the molecule is CCC1CC1NC(=O)c1nc(C(C)C)ncc1Cl. The zero-order valence-electron chi connectivity index (χ0n) is 10.9. The summed E-state index contributed by atoms with van der Waals surface area (Å²) < 4.78 is 0. The molecule has 5 heteroatoms.